The van der Waals surface area contributed by atoms with Crippen LogP contribution in [-0.2, 0) is 20.7 Å². The molecule has 0 aliphatic carbocycles. The minimum absolute atomic E-state index is 0.0680. The predicted octanol–water partition coefficient (Wildman–Crippen LogP) is 3.54. The third-order valence-electron chi connectivity index (χ3n) is 3.56. The number of hydrogen-bond acceptors (Lipinski definition) is 3. The molecule has 110 valence electrons. The second kappa shape index (κ2) is 7.02. The topological polar surface area (TPSA) is 43.4 Å². The van der Waals surface area contributed by atoms with Crippen molar-refractivity contribution in [3.05, 3.63) is 48.0 Å². The maximum atomic E-state index is 12.0. The molecule has 0 fully saturated rings. The highest BCUT2D eigenvalue weighted by molar-refractivity contribution is 5.99. The van der Waals surface area contributed by atoms with E-state index in [9.17, 15) is 9.59 Å². The lowest BCUT2D eigenvalue weighted by molar-refractivity contribution is -0.151. The minimum atomic E-state index is -0.698. The summed E-state index contributed by atoms with van der Waals surface area (Å²) in [5, 5.41) is 2.26. The van der Waals surface area contributed by atoms with Gasteiger partial charge in [0, 0.05) is 6.42 Å². The van der Waals surface area contributed by atoms with E-state index in [1.165, 1.54) is 0 Å². The number of carbonyl (C=O) groups is 2. The van der Waals surface area contributed by atoms with E-state index in [0.29, 0.717) is 19.4 Å². The molecule has 0 saturated carbocycles. The molecule has 0 saturated heterocycles. The van der Waals surface area contributed by atoms with Gasteiger partial charge in [0.2, 0.25) is 0 Å². The first kappa shape index (κ1) is 15.2. The highest BCUT2D eigenvalue weighted by atomic mass is 16.5. The summed E-state index contributed by atoms with van der Waals surface area (Å²) in [6.45, 7) is 3.82. The van der Waals surface area contributed by atoms with Crippen molar-refractivity contribution in [2.24, 2.45) is 5.92 Å². The van der Waals surface area contributed by atoms with Crippen LogP contribution in [0, 0.1) is 5.92 Å². The Labute approximate surface area is 124 Å². The molecule has 3 heteroatoms. The zero-order chi connectivity index (χ0) is 15.2. The number of hydrogen-bond donors (Lipinski definition) is 0. The van der Waals surface area contributed by atoms with Crippen molar-refractivity contribution in [1.82, 2.24) is 0 Å². The lowest BCUT2D eigenvalue weighted by Crippen LogP contribution is -2.27. The number of benzene rings is 2. The molecule has 2 aromatic rings. The number of rotatable bonds is 6. The van der Waals surface area contributed by atoms with Crippen molar-refractivity contribution in [2.45, 2.75) is 26.7 Å². The fraction of sp³-hybridized carbons (Fsp3) is 0.333. The predicted molar refractivity (Wildman–Crippen MR) is 83.1 cm³/mol. The molecule has 0 aromatic heterocycles. The Hall–Kier alpha value is -2.16. The largest absolute Gasteiger partial charge is 0.465 e. The molecule has 0 bridgehead atoms. The molecule has 1 unspecified atom stereocenters. The second-order valence-corrected chi connectivity index (χ2v) is 5.01. The van der Waals surface area contributed by atoms with Gasteiger partial charge in [0.05, 0.1) is 6.61 Å². The lowest BCUT2D eigenvalue weighted by atomic mass is 9.93. The standard InChI is InChI=1S/C18H20O3/c1-3-17(19)16(18(20)21-4-2)12-13-9-10-14-7-5-6-8-15(14)11-13/h5-11,16H,3-4,12H2,1-2H3. The molecule has 2 rings (SSSR count). The average Bonchev–Trinajstić information content (AvgIpc) is 2.52. The Kier molecular flexibility index (Phi) is 5.09. The van der Waals surface area contributed by atoms with Gasteiger partial charge in [-0.1, -0.05) is 49.4 Å². The number of Topliss-reactive ketones (excluding diaryl/α,β-unsaturated/α-hetero) is 1. The molecule has 0 heterocycles. The molecule has 0 aliphatic rings. The van der Waals surface area contributed by atoms with Crippen LogP contribution >= 0.6 is 0 Å². The van der Waals surface area contributed by atoms with Crippen LogP contribution in [-0.4, -0.2) is 18.4 Å². The lowest BCUT2D eigenvalue weighted by Gasteiger charge is -2.14. The molecule has 21 heavy (non-hydrogen) atoms. The molecule has 1 atom stereocenters. The number of fused-ring (bicyclic) bond motifs is 1. The third kappa shape index (κ3) is 3.69. The molecule has 2 aromatic carbocycles. The summed E-state index contributed by atoms with van der Waals surface area (Å²) in [7, 11) is 0. The summed E-state index contributed by atoms with van der Waals surface area (Å²) in [5.41, 5.74) is 0.980. The molecule has 0 spiro atoms. The van der Waals surface area contributed by atoms with Crippen LogP contribution in [0.2, 0.25) is 0 Å². The summed E-state index contributed by atoms with van der Waals surface area (Å²) in [6, 6.07) is 14.1. The second-order valence-electron chi connectivity index (χ2n) is 5.01. The van der Waals surface area contributed by atoms with Crippen molar-refractivity contribution in [2.75, 3.05) is 6.61 Å². The van der Waals surface area contributed by atoms with E-state index in [-0.39, 0.29) is 5.78 Å². The van der Waals surface area contributed by atoms with Crippen LogP contribution in [0.4, 0.5) is 0 Å². The normalized spacial score (nSPS) is 12.1. The summed E-state index contributed by atoms with van der Waals surface area (Å²) in [5.74, 6) is -1.18. The Morgan fingerprint density at radius 2 is 1.76 bits per heavy atom. The van der Waals surface area contributed by atoms with Gasteiger partial charge in [-0.05, 0) is 29.7 Å². The Morgan fingerprint density at radius 1 is 1.05 bits per heavy atom. The Balaban J connectivity index is 2.25. The maximum absolute atomic E-state index is 12.0. The fourth-order valence-electron chi connectivity index (χ4n) is 2.42. The van der Waals surface area contributed by atoms with Gasteiger partial charge in [-0.15, -0.1) is 0 Å². The first-order chi connectivity index (χ1) is 10.2. The highest BCUT2D eigenvalue weighted by Crippen LogP contribution is 2.19. The third-order valence-corrected chi connectivity index (χ3v) is 3.56. The van der Waals surface area contributed by atoms with Gasteiger partial charge >= 0.3 is 5.97 Å². The SMILES string of the molecule is CCOC(=O)C(Cc1ccc2ccccc2c1)C(=O)CC. The number of ketones is 1. The zero-order valence-corrected chi connectivity index (χ0v) is 12.5. The highest BCUT2D eigenvalue weighted by Gasteiger charge is 2.26. The fourth-order valence-corrected chi connectivity index (χ4v) is 2.42. The number of ether oxygens (including phenoxy) is 1. The van der Waals surface area contributed by atoms with Gasteiger partial charge in [0.15, 0.2) is 0 Å². The van der Waals surface area contributed by atoms with E-state index >= 15 is 0 Å². The molecule has 0 radical (unpaired) electrons. The van der Waals surface area contributed by atoms with E-state index in [1.54, 1.807) is 13.8 Å². The van der Waals surface area contributed by atoms with Crippen molar-refractivity contribution in [3.63, 3.8) is 0 Å². The minimum Gasteiger partial charge on any atom is -0.465 e. The van der Waals surface area contributed by atoms with E-state index in [0.717, 1.165) is 16.3 Å². The molecule has 0 N–H and O–H groups in total. The summed E-state index contributed by atoms with van der Waals surface area (Å²) >= 11 is 0. The van der Waals surface area contributed by atoms with Crippen molar-refractivity contribution >= 4 is 22.5 Å². The molecular formula is C18H20O3. The smallest absolute Gasteiger partial charge is 0.316 e. The number of esters is 1. The van der Waals surface area contributed by atoms with Crippen molar-refractivity contribution < 1.29 is 14.3 Å². The summed E-state index contributed by atoms with van der Waals surface area (Å²) in [4.78, 5) is 24.0. The van der Waals surface area contributed by atoms with Gasteiger partial charge in [0.1, 0.15) is 11.7 Å². The van der Waals surface area contributed by atoms with Crippen LogP contribution in [0.15, 0.2) is 42.5 Å². The Bertz CT molecular complexity index is 646. The van der Waals surface area contributed by atoms with E-state index in [4.69, 9.17) is 4.74 Å². The van der Waals surface area contributed by atoms with Crippen molar-refractivity contribution in [1.29, 1.82) is 0 Å². The summed E-state index contributed by atoms with van der Waals surface area (Å²) in [6.07, 6.45) is 0.743. The van der Waals surface area contributed by atoms with E-state index in [1.807, 2.05) is 42.5 Å². The zero-order valence-electron chi connectivity index (χ0n) is 12.5. The Morgan fingerprint density at radius 3 is 2.43 bits per heavy atom. The van der Waals surface area contributed by atoms with Gasteiger partial charge in [0.25, 0.3) is 0 Å². The monoisotopic (exact) mass is 284 g/mol. The average molecular weight is 284 g/mol. The van der Waals surface area contributed by atoms with Gasteiger partial charge in [-0.25, -0.2) is 0 Å². The van der Waals surface area contributed by atoms with Crippen LogP contribution in [0.5, 0.6) is 0 Å². The maximum Gasteiger partial charge on any atom is 0.316 e. The van der Waals surface area contributed by atoms with Gasteiger partial charge in [-0.2, -0.15) is 0 Å². The van der Waals surface area contributed by atoms with Gasteiger partial charge < -0.3 is 4.74 Å². The van der Waals surface area contributed by atoms with Crippen molar-refractivity contribution in [3.8, 4) is 0 Å². The molecule has 0 amide bonds. The molecular weight excluding hydrogens is 264 g/mol. The summed E-state index contributed by atoms with van der Waals surface area (Å²) < 4.78 is 5.03. The van der Waals surface area contributed by atoms with Gasteiger partial charge in [-0.3, -0.25) is 9.59 Å². The molecule has 0 aliphatic heterocycles. The van der Waals surface area contributed by atoms with Crippen LogP contribution in [0.1, 0.15) is 25.8 Å². The first-order valence-electron chi connectivity index (χ1n) is 7.32. The van der Waals surface area contributed by atoms with Crippen LogP contribution < -0.4 is 0 Å². The van der Waals surface area contributed by atoms with E-state index in [2.05, 4.69) is 0 Å². The van der Waals surface area contributed by atoms with Crippen LogP contribution in [0.25, 0.3) is 10.8 Å². The number of carbonyl (C=O) groups excluding carboxylic acids is 2. The quantitative estimate of drug-likeness (QED) is 0.602. The first-order valence-corrected chi connectivity index (χ1v) is 7.32. The van der Waals surface area contributed by atoms with E-state index < -0.39 is 11.9 Å². The van der Waals surface area contributed by atoms with Crippen LogP contribution in [0.3, 0.4) is 0 Å². The molecule has 3 nitrogen and oxygen atoms in total.